The van der Waals surface area contributed by atoms with Gasteiger partial charge in [0.2, 0.25) is 0 Å². The molecule has 0 aromatic heterocycles. The second-order valence-corrected chi connectivity index (χ2v) is 6.96. The van der Waals surface area contributed by atoms with Gasteiger partial charge in [-0.2, -0.15) is 11.8 Å². The molecule has 2 saturated carbocycles. The highest BCUT2D eigenvalue weighted by atomic mass is 32.2. The third kappa shape index (κ3) is 3.39. The average Bonchev–Trinajstić information content (AvgIpc) is 2.22. The van der Waals surface area contributed by atoms with Gasteiger partial charge in [0.1, 0.15) is 0 Å². The first-order valence-electron chi connectivity index (χ1n) is 6.59. The molecule has 0 amide bonds. The van der Waals surface area contributed by atoms with Crippen molar-refractivity contribution in [3.63, 3.8) is 0 Å². The first-order valence-corrected chi connectivity index (χ1v) is 7.53. The molecule has 4 atom stereocenters. The smallest absolute Gasteiger partial charge is 0.0658 e. The number of hydrogen-bond acceptors (Lipinski definition) is 2. The van der Waals surface area contributed by atoms with Crippen LogP contribution < -0.4 is 0 Å². The Hall–Kier alpha value is 0.310. The molecule has 0 spiro atoms. The van der Waals surface area contributed by atoms with Crippen molar-refractivity contribution in [1.29, 1.82) is 0 Å². The lowest BCUT2D eigenvalue weighted by molar-refractivity contribution is 0.136. The Morgan fingerprint density at radius 3 is 2.53 bits per heavy atom. The maximum atomic E-state index is 9.94. The lowest BCUT2D eigenvalue weighted by Gasteiger charge is -2.33. The van der Waals surface area contributed by atoms with E-state index in [1.807, 2.05) is 0 Å². The Balaban J connectivity index is 1.79. The quantitative estimate of drug-likeness (QED) is 0.779. The van der Waals surface area contributed by atoms with Crippen LogP contribution in [0.3, 0.4) is 0 Å². The van der Waals surface area contributed by atoms with Gasteiger partial charge in [0.15, 0.2) is 0 Å². The molecule has 0 saturated heterocycles. The summed E-state index contributed by atoms with van der Waals surface area (Å²) in [6.45, 7) is 2.38. The summed E-state index contributed by atoms with van der Waals surface area (Å²) in [5.41, 5.74) is 0. The molecule has 0 aliphatic heterocycles. The van der Waals surface area contributed by atoms with E-state index in [2.05, 4.69) is 18.7 Å². The SMILES string of the molecule is CC1CCCC(SC2CCCCC2O)C1. The van der Waals surface area contributed by atoms with Crippen molar-refractivity contribution in [2.45, 2.75) is 74.9 Å². The Bertz CT molecular complexity index is 195. The highest BCUT2D eigenvalue weighted by Crippen LogP contribution is 2.38. The van der Waals surface area contributed by atoms with Crippen molar-refractivity contribution in [3.8, 4) is 0 Å². The van der Waals surface area contributed by atoms with E-state index in [4.69, 9.17) is 0 Å². The van der Waals surface area contributed by atoms with Crippen LogP contribution in [-0.2, 0) is 0 Å². The van der Waals surface area contributed by atoms with Crippen LogP contribution in [-0.4, -0.2) is 21.7 Å². The van der Waals surface area contributed by atoms with Gasteiger partial charge in [-0.3, -0.25) is 0 Å². The molecule has 1 N–H and O–H groups in total. The summed E-state index contributed by atoms with van der Waals surface area (Å²) in [5, 5.41) is 11.3. The fraction of sp³-hybridized carbons (Fsp3) is 1.00. The molecule has 2 aliphatic rings. The lowest BCUT2D eigenvalue weighted by atomic mass is 9.90. The van der Waals surface area contributed by atoms with Gasteiger partial charge in [-0.05, 0) is 31.6 Å². The summed E-state index contributed by atoms with van der Waals surface area (Å²) >= 11 is 2.10. The van der Waals surface area contributed by atoms with E-state index in [1.54, 1.807) is 0 Å². The largest absolute Gasteiger partial charge is 0.392 e. The Morgan fingerprint density at radius 2 is 1.80 bits per heavy atom. The van der Waals surface area contributed by atoms with Gasteiger partial charge in [-0.25, -0.2) is 0 Å². The normalized spacial score (nSPS) is 42.8. The monoisotopic (exact) mass is 228 g/mol. The van der Waals surface area contributed by atoms with Crippen molar-refractivity contribution in [2.24, 2.45) is 5.92 Å². The van der Waals surface area contributed by atoms with E-state index in [9.17, 15) is 5.11 Å². The third-order valence-corrected chi connectivity index (χ3v) is 5.64. The van der Waals surface area contributed by atoms with Gasteiger partial charge in [0.25, 0.3) is 0 Å². The lowest BCUT2D eigenvalue weighted by Crippen LogP contribution is -2.30. The number of hydrogen-bond donors (Lipinski definition) is 1. The van der Waals surface area contributed by atoms with Gasteiger partial charge >= 0.3 is 0 Å². The Labute approximate surface area is 98.0 Å². The first kappa shape index (κ1) is 11.8. The Kier molecular flexibility index (Phi) is 4.39. The molecule has 2 aliphatic carbocycles. The van der Waals surface area contributed by atoms with Crippen molar-refractivity contribution in [1.82, 2.24) is 0 Å². The molecule has 15 heavy (non-hydrogen) atoms. The zero-order chi connectivity index (χ0) is 10.7. The molecule has 4 unspecified atom stereocenters. The van der Waals surface area contributed by atoms with Crippen molar-refractivity contribution in [3.05, 3.63) is 0 Å². The molecule has 0 heterocycles. The topological polar surface area (TPSA) is 20.2 Å². The standard InChI is InChI=1S/C13H24OS/c1-10-5-4-6-11(9-10)15-13-8-3-2-7-12(13)14/h10-14H,2-9H2,1H3. The molecule has 2 fully saturated rings. The predicted octanol–water partition coefficient (Wildman–Crippen LogP) is 3.60. The van der Waals surface area contributed by atoms with Gasteiger partial charge in [0, 0.05) is 10.5 Å². The van der Waals surface area contributed by atoms with Crippen LogP contribution in [0, 0.1) is 5.92 Å². The molecule has 1 nitrogen and oxygen atoms in total. The van der Waals surface area contributed by atoms with Crippen LogP contribution in [0.2, 0.25) is 0 Å². The average molecular weight is 228 g/mol. The molecule has 0 bridgehead atoms. The molecule has 0 aromatic rings. The zero-order valence-corrected chi connectivity index (χ0v) is 10.6. The van der Waals surface area contributed by atoms with Crippen molar-refractivity contribution in [2.75, 3.05) is 0 Å². The van der Waals surface area contributed by atoms with E-state index in [0.29, 0.717) is 5.25 Å². The van der Waals surface area contributed by atoms with Crippen LogP contribution in [0.15, 0.2) is 0 Å². The second-order valence-electron chi connectivity index (χ2n) is 5.42. The van der Waals surface area contributed by atoms with Gasteiger partial charge < -0.3 is 5.11 Å². The van der Waals surface area contributed by atoms with Crippen LogP contribution in [0.25, 0.3) is 0 Å². The van der Waals surface area contributed by atoms with E-state index in [1.165, 1.54) is 44.9 Å². The number of thioether (sulfide) groups is 1. The minimum Gasteiger partial charge on any atom is -0.392 e. The molecule has 0 aromatic carbocycles. The van der Waals surface area contributed by atoms with Crippen molar-refractivity contribution >= 4 is 11.8 Å². The van der Waals surface area contributed by atoms with E-state index >= 15 is 0 Å². The van der Waals surface area contributed by atoms with Gasteiger partial charge in [0.05, 0.1) is 6.10 Å². The van der Waals surface area contributed by atoms with Crippen LogP contribution in [0.4, 0.5) is 0 Å². The van der Waals surface area contributed by atoms with Crippen LogP contribution >= 0.6 is 11.8 Å². The number of aliphatic hydroxyl groups is 1. The van der Waals surface area contributed by atoms with Gasteiger partial charge in [-0.15, -0.1) is 0 Å². The van der Waals surface area contributed by atoms with E-state index in [0.717, 1.165) is 17.6 Å². The summed E-state index contributed by atoms with van der Waals surface area (Å²) in [6.07, 6.45) is 10.4. The highest BCUT2D eigenvalue weighted by molar-refractivity contribution is 8.00. The molecular weight excluding hydrogens is 204 g/mol. The third-order valence-electron chi connectivity index (χ3n) is 3.92. The molecular formula is C13H24OS. The van der Waals surface area contributed by atoms with Crippen LogP contribution in [0.1, 0.15) is 58.3 Å². The van der Waals surface area contributed by atoms with Gasteiger partial charge in [-0.1, -0.05) is 32.6 Å². The predicted molar refractivity (Wildman–Crippen MR) is 67.3 cm³/mol. The minimum absolute atomic E-state index is 0.0130. The highest BCUT2D eigenvalue weighted by Gasteiger charge is 2.28. The first-order chi connectivity index (χ1) is 7.25. The molecule has 88 valence electrons. The summed E-state index contributed by atoms with van der Waals surface area (Å²) < 4.78 is 0. The summed E-state index contributed by atoms with van der Waals surface area (Å²) in [5.74, 6) is 0.914. The zero-order valence-electron chi connectivity index (χ0n) is 9.82. The molecule has 2 rings (SSSR count). The Morgan fingerprint density at radius 1 is 1.00 bits per heavy atom. The van der Waals surface area contributed by atoms with Crippen molar-refractivity contribution < 1.29 is 5.11 Å². The maximum absolute atomic E-state index is 9.94. The van der Waals surface area contributed by atoms with Crippen LogP contribution in [0.5, 0.6) is 0 Å². The molecule has 0 radical (unpaired) electrons. The molecule has 2 heteroatoms. The second kappa shape index (κ2) is 5.58. The fourth-order valence-corrected chi connectivity index (χ4v) is 4.84. The minimum atomic E-state index is -0.0130. The fourth-order valence-electron chi connectivity index (χ4n) is 2.99. The summed E-state index contributed by atoms with van der Waals surface area (Å²) in [7, 11) is 0. The number of aliphatic hydroxyl groups excluding tert-OH is 1. The van der Waals surface area contributed by atoms with E-state index < -0.39 is 0 Å². The summed E-state index contributed by atoms with van der Waals surface area (Å²) in [6, 6.07) is 0. The maximum Gasteiger partial charge on any atom is 0.0658 e. The van der Waals surface area contributed by atoms with E-state index in [-0.39, 0.29) is 6.10 Å². The summed E-state index contributed by atoms with van der Waals surface area (Å²) in [4.78, 5) is 0. The number of rotatable bonds is 2.